The van der Waals surface area contributed by atoms with Gasteiger partial charge < -0.3 is 14.4 Å². The molecule has 2 atom stereocenters. The molecule has 1 aromatic carbocycles. The van der Waals surface area contributed by atoms with Gasteiger partial charge in [0.25, 0.3) is 0 Å². The van der Waals surface area contributed by atoms with Crippen molar-refractivity contribution in [3.8, 4) is 0 Å². The molecular weight excluding hydrogens is 294 g/mol. The summed E-state index contributed by atoms with van der Waals surface area (Å²) in [6.45, 7) is 2.04. The molecule has 1 saturated heterocycles. The van der Waals surface area contributed by atoms with Crippen molar-refractivity contribution >= 4 is 17.7 Å². The predicted octanol–water partition coefficient (Wildman–Crippen LogP) is 1.99. The van der Waals surface area contributed by atoms with E-state index >= 15 is 0 Å². The van der Waals surface area contributed by atoms with Gasteiger partial charge >= 0.3 is 5.97 Å². The number of ketones is 1. The fourth-order valence-electron chi connectivity index (χ4n) is 3.14. The molecule has 0 unspecified atom stereocenters. The molecule has 1 aliphatic rings. The van der Waals surface area contributed by atoms with Crippen LogP contribution in [0.2, 0.25) is 0 Å². The molecule has 23 heavy (non-hydrogen) atoms. The number of ether oxygens (including phenoxy) is 1. The lowest BCUT2D eigenvalue weighted by atomic mass is 9.93. The molecule has 2 rings (SSSR count). The van der Waals surface area contributed by atoms with Gasteiger partial charge in [0.2, 0.25) is 5.91 Å². The minimum absolute atomic E-state index is 0.0203. The minimum Gasteiger partial charge on any atom is -0.467 e. The molecule has 1 heterocycles. The van der Waals surface area contributed by atoms with Crippen LogP contribution >= 0.6 is 0 Å². The Kier molecular flexibility index (Phi) is 5.90. The Balaban J connectivity index is 2.15. The number of carbonyl (C=O) groups is 3. The number of esters is 1. The first kappa shape index (κ1) is 17.2. The normalized spacial score (nSPS) is 18.5. The van der Waals surface area contributed by atoms with E-state index in [1.54, 1.807) is 4.90 Å². The summed E-state index contributed by atoms with van der Waals surface area (Å²) in [7, 11) is 1.33. The second-order valence-electron chi connectivity index (χ2n) is 6.01. The van der Waals surface area contributed by atoms with Gasteiger partial charge in [-0.05, 0) is 31.7 Å². The minimum atomic E-state index is -0.516. The van der Waals surface area contributed by atoms with E-state index < -0.39 is 12.0 Å². The predicted molar refractivity (Wildman–Crippen MR) is 85.7 cm³/mol. The maximum Gasteiger partial charge on any atom is 0.328 e. The zero-order valence-electron chi connectivity index (χ0n) is 13.7. The number of amides is 1. The molecule has 0 saturated carbocycles. The molecule has 0 radical (unpaired) electrons. The Hall–Kier alpha value is -2.17. The van der Waals surface area contributed by atoms with Gasteiger partial charge in [0.1, 0.15) is 11.8 Å². The van der Waals surface area contributed by atoms with Crippen molar-refractivity contribution in [2.75, 3.05) is 13.7 Å². The summed E-state index contributed by atoms with van der Waals surface area (Å²) in [5.41, 5.74) is 1.01. The van der Waals surface area contributed by atoms with E-state index in [9.17, 15) is 14.4 Å². The number of hydrogen-bond donors (Lipinski definition) is 0. The van der Waals surface area contributed by atoms with Gasteiger partial charge in [-0.1, -0.05) is 30.3 Å². The first-order valence-electron chi connectivity index (χ1n) is 7.94. The van der Waals surface area contributed by atoms with Gasteiger partial charge in [-0.3, -0.25) is 4.79 Å². The molecule has 1 amide bonds. The number of Topliss-reactive ketones (excluding diaryl/α,β-unsaturated/α-hetero) is 1. The van der Waals surface area contributed by atoms with Crippen LogP contribution in [0.1, 0.15) is 31.7 Å². The second kappa shape index (κ2) is 7.90. The summed E-state index contributed by atoms with van der Waals surface area (Å²) in [5.74, 6) is -0.956. The molecule has 124 valence electrons. The first-order valence-corrected chi connectivity index (χ1v) is 7.94. The number of methoxy groups -OCH3 is 1. The van der Waals surface area contributed by atoms with Crippen LogP contribution in [0.5, 0.6) is 0 Å². The Morgan fingerprint density at radius 2 is 1.96 bits per heavy atom. The summed E-state index contributed by atoms with van der Waals surface area (Å²) in [6.07, 6.45) is 2.10. The van der Waals surface area contributed by atoms with Crippen molar-refractivity contribution in [1.29, 1.82) is 0 Å². The highest BCUT2D eigenvalue weighted by molar-refractivity contribution is 5.89. The van der Waals surface area contributed by atoms with E-state index in [0.29, 0.717) is 19.4 Å². The summed E-state index contributed by atoms with van der Waals surface area (Å²) in [5, 5.41) is 0. The van der Waals surface area contributed by atoms with Crippen LogP contribution in [0.4, 0.5) is 0 Å². The zero-order chi connectivity index (χ0) is 16.8. The Labute approximate surface area is 136 Å². The van der Waals surface area contributed by atoms with Crippen molar-refractivity contribution in [1.82, 2.24) is 4.90 Å². The number of rotatable bonds is 6. The zero-order valence-corrected chi connectivity index (χ0v) is 13.7. The lowest BCUT2D eigenvalue weighted by Gasteiger charge is -2.27. The molecule has 0 bridgehead atoms. The van der Waals surface area contributed by atoms with E-state index in [1.165, 1.54) is 14.0 Å². The van der Waals surface area contributed by atoms with Gasteiger partial charge in [-0.25, -0.2) is 4.79 Å². The Morgan fingerprint density at radius 1 is 1.26 bits per heavy atom. The molecule has 0 aromatic heterocycles. The quantitative estimate of drug-likeness (QED) is 0.753. The van der Waals surface area contributed by atoms with Crippen molar-refractivity contribution in [2.24, 2.45) is 5.92 Å². The SMILES string of the molecule is COC(=O)[C@@H]1CCCN1C(=O)[C@@H](CC(C)=O)Cc1ccccc1. The van der Waals surface area contributed by atoms with E-state index in [4.69, 9.17) is 4.74 Å². The summed E-state index contributed by atoms with van der Waals surface area (Å²) in [4.78, 5) is 37.9. The molecule has 0 N–H and O–H groups in total. The maximum atomic E-state index is 12.9. The topological polar surface area (TPSA) is 63.7 Å². The van der Waals surface area contributed by atoms with E-state index in [0.717, 1.165) is 12.0 Å². The summed E-state index contributed by atoms with van der Waals surface area (Å²) < 4.78 is 4.79. The van der Waals surface area contributed by atoms with Gasteiger partial charge in [0, 0.05) is 18.9 Å². The summed E-state index contributed by atoms with van der Waals surface area (Å²) in [6, 6.07) is 9.12. The number of carbonyl (C=O) groups excluding carboxylic acids is 3. The monoisotopic (exact) mass is 317 g/mol. The number of likely N-dealkylation sites (tertiary alicyclic amines) is 1. The van der Waals surface area contributed by atoms with Crippen LogP contribution in [0.15, 0.2) is 30.3 Å². The van der Waals surface area contributed by atoms with E-state index in [-0.39, 0.29) is 24.1 Å². The van der Waals surface area contributed by atoms with Crippen LogP contribution in [0.3, 0.4) is 0 Å². The Morgan fingerprint density at radius 3 is 2.57 bits per heavy atom. The smallest absolute Gasteiger partial charge is 0.328 e. The van der Waals surface area contributed by atoms with E-state index in [2.05, 4.69) is 0 Å². The fraction of sp³-hybridized carbons (Fsp3) is 0.500. The average molecular weight is 317 g/mol. The molecule has 0 spiro atoms. The van der Waals surface area contributed by atoms with Crippen LogP contribution < -0.4 is 0 Å². The third-order valence-electron chi connectivity index (χ3n) is 4.22. The first-order chi connectivity index (χ1) is 11.0. The van der Waals surface area contributed by atoms with Crippen LogP contribution in [-0.4, -0.2) is 42.3 Å². The summed E-state index contributed by atoms with van der Waals surface area (Å²) >= 11 is 0. The van der Waals surface area contributed by atoms with Crippen LogP contribution in [0, 0.1) is 5.92 Å². The average Bonchev–Trinajstić information content (AvgIpc) is 3.03. The largest absolute Gasteiger partial charge is 0.467 e. The highest BCUT2D eigenvalue weighted by Gasteiger charge is 2.37. The van der Waals surface area contributed by atoms with Gasteiger partial charge in [0.05, 0.1) is 7.11 Å². The van der Waals surface area contributed by atoms with Gasteiger partial charge in [-0.2, -0.15) is 0 Å². The lowest BCUT2D eigenvalue weighted by molar-refractivity contribution is -0.152. The molecule has 1 aromatic rings. The fourth-order valence-corrected chi connectivity index (χ4v) is 3.14. The molecule has 5 nitrogen and oxygen atoms in total. The Bertz CT molecular complexity index is 570. The highest BCUT2D eigenvalue weighted by Crippen LogP contribution is 2.24. The standard InChI is InChI=1S/C18H23NO4/c1-13(20)11-15(12-14-7-4-3-5-8-14)17(21)19-10-6-9-16(19)18(22)23-2/h3-5,7-8,15-16H,6,9-12H2,1-2H3/t15-,16-/m0/s1. The van der Waals surface area contributed by atoms with Crippen molar-refractivity contribution in [3.63, 3.8) is 0 Å². The third-order valence-corrected chi connectivity index (χ3v) is 4.22. The van der Waals surface area contributed by atoms with Crippen molar-refractivity contribution in [2.45, 2.75) is 38.6 Å². The molecule has 0 aliphatic carbocycles. The van der Waals surface area contributed by atoms with Gasteiger partial charge in [0.15, 0.2) is 0 Å². The van der Waals surface area contributed by atoms with Crippen molar-refractivity contribution < 1.29 is 19.1 Å². The molecule has 1 aliphatic heterocycles. The molecule has 1 fully saturated rings. The number of nitrogens with zero attached hydrogens (tertiary/aromatic N) is 1. The maximum absolute atomic E-state index is 12.9. The second-order valence-corrected chi connectivity index (χ2v) is 6.01. The number of hydrogen-bond acceptors (Lipinski definition) is 4. The third kappa shape index (κ3) is 4.41. The molecule has 5 heteroatoms. The van der Waals surface area contributed by atoms with Crippen LogP contribution in [0.25, 0.3) is 0 Å². The van der Waals surface area contributed by atoms with Crippen molar-refractivity contribution in [3.05, 3.63) is 35.9 Å². The lowest BCUT2D eigenvalue weighted by Crippen LogP contribution is -2.44. The highest BCUT2D eigenvalue weighted by atomic mass is 16.5. The molecular formula is C18H23NO4. The van der Waals surface area contributed by atoms with Gasteiger partial charge in [-0.15, -0.1) is 0 Å². The number of benzene rings is 1. The van der Waals surface area contributed by atoms with Crippen LogP contribution in [-0.2, 0) is 25.5 Å². The van der Waals surface area contributed by atoms with E-state index in [1.807, 2.05) is 30.3 Å².